The first-order valence-corrected chi connectivity index (χ1v) is 18.4. The Morgan fingerprint density at radius 2 is 1.69 bits per heavy atom. The van der Waals surface area contributed by atoms with Gasteiger partial charge in [-0.05, 0) is 80.7 Å². The highest BCUT2D eigenvalue weighted by molar-refractivity contribution is 6.03. The van der Waals surface area contributed by atoms with Gasteiger partial charge in [-0.3, -0.25) is 38.3 Å². The van der Waals surface area contributed by atoms with Gasteiger partial charge in [0, 0.05) is 44.1 Å². The molecule has 0 bridgehead atoms. The van der Waals surface area contributed by atoms with Crippen LogP contribution in [-0.2, 0) is 27.6 Å². The highest BCUT2D eigenvalue weighted by Gasteiger charge is 2.36. The highest BCUT2D eigenvalue weighted by Crippen LogP contribution is 2.37. The number of imide groups is 1. The lowest BCUT2D eigenvalue weighted by Crippen LogP contribution is -2.44. The topological polar surface area (TPSA) is 166 Å². The summed E-state index contributed by atoms with van der Waals surface area (Å²) in [5.41, 5.74) is 1.20. The Morgan fingerprint density at radius 1 is 0.945 bits per heavy atom. The molecular formula is C38H38F3N9O5. The predicted octanol–water partition coefficient (Wildman–Crippen LogP) is 4.87. The van der Waals surface area contributed by atoms with Gasteiger partial charge in [-0.15, -0.1) is 0 Å². The van der Waals surface area contributed by atoms with Crippen LogP contribution >= 0.6 is 0 Å². The standard InChI is InChI=1S/C38H38F3N9O5/c1-47-33-25(4-2-6-28(33)50(37(47)55)29-12-13-32(51)45-35(29)53)21-14-16-48(17-15-21)36(54)22-8-10-24(11-9-22)49-20-23-18-31(42-19-27(23)46-49)44-34(52)26-5-3-7-30(43-26)38(39,40)41/h2-7,18-22,24,29H,8-17H2,1H3,(H,44,52)(H,45,51,53). The lowest BCUT2D eigenvalue weighted by atomic mass is 9.83. The largest absolute Gasteiger partial charge is 0.433 e. The number of anilines is 1. The molecule has 55 heavy (non-hydrogen) atoms. The molecule has 286 valence electrons. The van der Waals surface area contributed by atoms with Crippen molar-refractivity contribution in [1.82, 2.24) is 39.1 Å². The Labute approximate surface area is 311 Å². The van der Waals surface area contributed by atoms with Crippen LogP contribution < -0.4 is 16.3 Å². The maximum absolute atomic E-state index is 13.7. The van der Waals surface area contributed by atoms with Gasteiger partial charge in [0.2, 0.25) is 17.7 Å². The lowest BCUT2D eigenvalue weighted by Gasteiger charge is -2.36. The minimum Gasteiger partial charge on any atom is -0.342 e. The first kappa shape index (κ1) is 36.1. The zero-order valence-corrected chi connectivity index (χ0v) is 29.9. The molecule has 1 aromatic carbocycles. The number of benzene rings is 1. The van der Waals surface area contributed by atoms with Crippen molar-refractivity contribution in [3.05, 3.63) is 82.3 Å². The molecule has 3 fully saturated rings. The number of nitrogens with zero attached hydrogens (tertiary/aromatic N) is 7. The molecule has 1 saturated carbocycles. The second-order valence-corrected chi connectivity index (χ2v) is 14.6. The zero-order chi connectivity index (χ0) is 38.6. The molecule has 17 heteroatoms. The molecule has 2 N–H and O–H groups in total. The van der Waals surface area contributed by atoms with E-state index in [2.05, 4.69) is 25.7 Å². The van der Waals surface area contributed by atoms with Gasteiger partial charge in [-0.1, -0.05) is 18.2 Å². The summed E-state index contributed by atoms with van der Waals surface area (Å²) in [4.78, 5) is 73.8. The third-order valence-corrected chi connectivity index (χ3v) is 11.2. The van der Waals surface area contributed by atoms with E-state index in [0.29, 0.717) is 42.4 Å². The number of likely N-dealkylation sites (tertiary alicyclic amines) is 1. The normalized spacial score (nSPS) is 21.2. The maximum Gasteiger partial charge on any atom is 0.433 e. The number of alkyl halides is 3. The minimum absolute atomic E-state index is 0.0640. The second-order valence-electron chi connectivity index (χ2n) is 14.6. The number of rotatable bonds is 6. The van der Waals surface area contributed by atoms with Crippen LogP contribution in [0.5, 0.6) is 0 Å². The van der Waals surface area contributed by atoms with Crippen LogP contribution in [0.2, 0.25) is 0 Å². The van der Waals surface area contributed by atoms with E-state index in [1.807, 2.05) is 34.0 Å². The zero-order valence-electron chi connectivity index (χ0n) is 29.9. The van der Waals surface area contributed by atoms with Crippen LogP contribution in [0.25, 0.3) is 21.9 Å². The summed E-state index contributed by atoms with van der Waals surface area (Å²) in [5, 5.41) is 10.2. The number of imidazole rings is 1. The van der Waals surface area contributed by atoms with Crippen LogP contribution in [0.3, 0.4) is 0 Å². The van der Waals surface area contributed by atoms with E-state index in [9.17, 15) is 37.1 Å². The van der Waals surface area contributed by atoms with E-state index in [1.54, 1.807) is 17.7 Å². The summed E-state index contributed by atoms with van der Waals surface area (Å²) in [7, 11) is 1.71. The molecular weight excluding hydrogens is 719 g/mol. The number of fused-ring (bicyclic) bond motifs is 2. The predicted molar refractivity (Wildman–Crippen MR) is 193 cm³/mol. The average molecular weight is 758 g/mol. The van der Waals surface area contributed by atoms with Gasteiger partial charge in [0.15, 0.2) is 0 Å². The first-order chi connectivity index (χ1) is 26.4. The van der Waals surface area contributed by atoms with Crippen LogP contribution in [0.15, 0.2) is 59.7 Å². The quantitative estimate of drug-likeness (QED) is 0.232. The maximum atomic E-state index is 13.7. The molecule has 1 atom stereocenters. The molecule has 5 aromatic rings. The van der Waals surface area contributed by atoms with Gasteiger partial charge in [0.25, 0.3) is 5.91 Å². The molecule has 6 heterocycles. The summed E-state index contributed by atoms with van der Waals surface area (Å²) >= 11 is 0. The molecule has 1 unspecified atom stereocenters. The Bertz CT molecular complexity index is 2400. The number of amides is 4. The van der Waals surface area contributed by atoms with Gasteiger partial charge in [0.1, 0.15) is 28.8 Å². The van der Waals surface area contributed by atoms with Crippen LogP contribution in [-0.4, -0.2) is 70.5 Å². The molecule has 4 amide bonds. The third-order valence-electron chi connectivity index (χ3n) is 11.2. The fourth-order valence-electron chi connectivity index (χ4n) is 8.39. The summed E-state index contributed by atoms with van der Waals surface area (Å²) < 4.78 is 44.1. The summed E-state index contributed by atoms with van der Waals surface area (Å²) in [5.74, 6) is -1.29. The van der Waals surface area contributed by atoms with Crippen LogP contribution in [0, 0.1) is 5.92 Å². The van der Waals surface area contributed by atoms with Crippen LogP contribution in [0.1, 0.15) is 91.1 Å². The Hall–Kier alpha value is -5.87. The molecule has 4 aromatic heterocycles. The van der Waals surface area contributed by atoms with E-state index in [4.69, 9.17) is 0 Å². The Morgan fingerprint density at radius 3 is 2.42 bits per heavy atom. The van der Waals surface area contributed by atoms with Crippen molar-refractivity contribution in [1.29, 1.82) is 0 Å². The van der Waals surface area contributed by atoms with Gasteiger partial charge >= 0.3 is 11.9 Å². The molecule has 8 rings (SSSR count). The number of nitrogens with one attached hydrogen (secondary N) is 2. The number of carbonyl (C=O) groups excluding carboxylic acids is 4. The lowest BCUT2D eigenvalue weighted by molar-refractivity contribution is -0.141. The van der Waals surface area contributed by atoms with E-state index in [0.717, 1.165) is 48.9 Å². The van der Waals surface area contributed by atoms with Crippen molar-refractivity contribution in [2.75, 3.05) is 18.4 Å². The number of aromatic nitrogens is 6. The van der Waals surface area contributed by atoms with E-state index in [1.165, 1.54) is 16.8 Å². The molecule has 1 aliphatic carbocycles. The SMILES string of the molecule is Cn1c(=O)n(C2CCC(=O)NC2=O)c2cccc(C3CCN(C(=O)C4CCC(n5cc6cc(NC(=O)c7cccc(C(F)(F)F)n7)ncc6n5)CC4)CC3)c21. The van der Waals surface area contributed by atoms with Crippen molar-refractivity contribution in [2.45, 2.75) is 75.5 Å². The fraction of sp³-hybridized carbons (Fsp3) is 0.421. The molecule has 14 nitrogen and oxygen atoms in total. The molecule has 0 radical (unpaired) electrons. The number of piperidine rings is 2. The molecule has 2 aliphatic heterocycles. The minimum atomic E-state index is -4.68. The summed E-state index contributed by atoms with van der Waals surface area (Å²) in [6, 6.07) is 9.79. The Balaban J connectivity index is 0.876. The van der Waals surface area contributed by atoms with E-state index in [-0.39, 0.29) is 59.7 Å². The molecule has 0 spiro atoms. The van der Waals surface area contributed by atoms with Crippen LogP contribution in [0.4, 0.5) is 19.0 Å². The number of hydrogen-bond acceptors (Lipinski definition) is 8. The molecule has 2 saturated heterocycles. The van der Waals surface area contributed by atoms with Crippen molar-refractivity contribution in [2.24, 2.45) is 13.0 Å². The first-order valence-electron chi connectivity index (χ1n) is 18.4. The third kappa shape index (κ3) is 6.87. The highest BCUT2D eigenvalue weighted by atomic mass is 19.4. The number of halogens is 3. The number of hydrogen-bond donors (Lipinski definition) is 2. The second kappa shape index (κ2) is 14.1. The summed E-state index contributed by atoms with van der Waals surface area (Å²) in [6.07, 6.45) is 3.50. The fourth-order valence-corrected chi connectivity index (χ4v) is 8.39. The number of carbonyl (C=O) groups is 4. The Kier molecular flexibility index (Phi) is 9.25. The van der Waals surface area contributed by atoms with E-state index < -0.39 is 29.7 Å². The van der Waals surface area contributed by atoms with Gasteiger partial charge in [-0.25, -0.2) is 14.8 Å². The van der Waals surface area contributed by atoms with Crippen molar-refractivity contribution < 1.29 is 32.3 Å². The number of para-hydroxylation sites is 1. The van der Waals surface area contributed by atoms with Crippen molar-refractivity contribution in [3.63, 3.8) is 0 Å². The number of aryl methyl sites for hydroxylation is 1. The van der Waals surface area contributed by atoms with E-state index >= 15 is 0 Å². The van der Waals surface area contributed by atoms with Crippen molar-refractivity contribution in [3.8, 4) is 0 Å². The average Bonchev–Trinajstić information content (AvgIpc) is 3.72. The summed E-state index contributed by atoms with van der Waals surface area (Å²) in [6.45, 7) is 1.20. The number of pyridine rings is 2. The monoisotopic (exact) mass is 757 g/mol. The van der Waals surface area contributed by atoms with Crippen molar-refractivity contribution >= 4 is 51.4 Å². The van der Waals surface area contributed by atoms with Gasteiger partial charge < -0.3 is 10.2 Å². The van der Waals surface area contributed by atoms with Gasteiger partial charge in [0.05, 0.1) is 23.3 Å². The molecule has 3 aliphatic rings. The van der Waals surface area contributed by atoms with Gasteiger partial charge in [-0.2, -0.15) is 18.3 Å². The smallest absolute Gasteiger partial charge is 0.342 e.